The van der Waals surface area contributed by atoms with E-state index in [0.29, 0.717) is 6.61 Å². The minimum atomic E-state index is 0.0855. The topological polar surface area (TPSA) is 30.5 Å². The summed E-state index contributed by atoms with van der Waals surface area (Å²) in [4.78, 5) is 0. The summed E-state index contributed by atoms with van der Waals surface area (Å²) >= 11 is 3.50. The van der Waals surface area contributed by atoms with Gasteiger partial charge in [-0.05, 0) is 30.3 Å². The molecule has 1 N–H and O–H groups in total. The fourth-order valence-electron chi connectivity index (χ4n) is 2.26. The van der Waals surface area contributed by atoms with Gasteiger partial charge in [0.15, 0.2) is 0 Å². The molecule has 0 amide bonds. The molecule has 19 heavy (non-hydrogen) atoms. The number of anilines is 1. The molecule has 0 saturated heterocycles. The maximum atomic E-state index is 5.80. The van der Waals surface area contributed by atoms with Gasteiger partial charge in [0.2, 0.25) is 0 Å². The molecule has 1 unspecified atom stereocenters. The number of methoxy groups -OCH3 is 1. The lowest BCUT2D eigenvalue weighted by atomic mass is 10.0. The zero-order chi connectivity index (χ0) is 13.2. The Balaban J connectivity index is 1.95. The molecule has 0 radical (unpaired) electrons. The molecule has 2 aromatic carbocycles. The Morgan fingerprint density at radius 1 is 1.26 bits per heavy atom. The van der Waals surface area contributed by atoms with Gasteiger partial charge in [0, 0.05) is 10.0 Å². The fourth-order valence-corrected chi connectivity index (χ4v) is 2.64. The van der Waals surface area contributed by atoms with Crippen LogP contribution in [0.3, 0.4) is 0 Å². The number of benzene rings is 2. The van der Waals surface area contributed by atoms with Crippen molar-refractivity contribution in [1.29, 1.82) is 0 Å². The van der Waals surface area contributed by atoms with E-state index >= 15 is 0 Å². The zero-order valence-corrected chi connectivity index (χ0v) is 12.1. The first kappa shape index (κ1) is 12.4. The van der Waals surface area contributed by atoms with E-state index in [4.69, 9.17) is 9.47 Å². The molecule has 1 heterocycles. The second kappa shape index (κ2) is 5.13. The highest BCUT2D eigenvalue weighted by molar-refractivity contribution is 9.10. The number of para-hydroxylation sites is 2. The standard InChI is InChI=1S/C15H14BrNO2/c1-18-14-7-6-10(16)8-11(14)13-9-19-15-5-3-2-4-12(15)17-13/h2-8,13,17H,9H2,1H3. The molecule has 1 aliphatic heterocycles. The third-order valence-corrected chi connectivity index (χ3v) is 3.68. The first-order chi connectivity index (χ1) is 9.28. The summed E-state index contributed by atoms with van der Waals surface area (Å²) in [6.07, 6.45) is 0. The number of hydrogen-bond donors (Lipinski definition) is 1. The summed E-state index contributed by atoms with van der Waals surface area (Å²) in [5, 5.41) is 3.49. The van der Waals surface area contributed by atoms with Gasteiger partial charge in [0.25, 0.3) is 0 Å². The van der Waals surface area contributed by atoms with Gasteiger partial charge in [-0.25, -0.2) is 0 Å². The van der Waals surface area contributed by atoms with E-state index in [2.05, 4.69) is 27.3 Å². The molecule has 2 aromatic rings. The van der Waals surface area contributed by atoms with Gasteiger partial charge in [-0.3, -0.25) is 0 Å². The van der Waals surface area contributed by atoms with Crippen molar-refractivity contribution < 1.29 is 9.47 Å². The highest BCUT2D eigenvalue weighted by Crippen LogP contribution is 2.37. The highest BCUT2D eigenvalue weighted by atomic mass is 79.9. The highest BCUT2D eigenvalue weighted by Gasteiger charge is 2.22. The van der Waals surface area contributed by atoms with Gasteiger partial charge in [0.05, 0.1) is 18.8 Å². The number of rotatable bonds is 2. The molecule has 0 aromatic heterocycles. The molecule has 1 aliphatic rings. The van der Waals surface area contributed by atoms with E-state index in [-0.39, 0.29) is 6.04 Å². The molecule has 4 heteroatoms. The summed E-state index contributed by atoms with van der Waals surface area (Å²) in [7, 11) is 1.68. The lowest BCUT2D eigenvalue weighted by Crippen LogP contribution is -2.24. The predicted molar refractivity (Wildman–Crippen MR) is 79.0 cm³/mol. The Bertz CT molecular complexity index is 600. The van der Waals surface area contributed by atoms with Crippen molar-refractivity contribution in [3.63, 3.8) is 0 Å². The third kappa shape index (κ3) is 2.40. The maximum Gasteiger partial charge on any atom is 0.142 e. The molecule has 98 valence electrons. The van der Waals surface area contributed by atoms with Crippen LogP contribution in [0.25, 0.3) is 0 Å². The average molecular weight is 320 g/mol. The first-order valence-electron chi connectivity index (χ1n) is 6.10. The monoisotopic (exact) mass is 319 g/mol. The maximum absolute atomic E-state index is 5.80. The first-order valence-corrected chi connectivity index (χ1v) is 6.89. The molecule has 0 aliphatic carbocycles. The van der Waals surface area contributed by atoms with Crippen LogP contribution in [0.1, 0.15) is 11.6 Å². The minimum absolute atomic E-state index is 0.0855. The SMILES string of the molecule is COc1ccc(Br)cc1C1COc2ccccc2N1. The van der Waals surface area contributed by atoms with Crippen LogP contribution in [0.2, 0.25) is 0 Å². The van der Waals surface area contributed by atoms with E-state index < -0.39 is 0 Å². The lowest BCUT2D eigenvalue weighted by Gasteiger charge is -2.28. The number of halogens is 1. The Kier molecular flexibility index (Phi) is 3.34. The van der Waals surface area contributed by atoms with Crippen molar-refractivity contribution in [3.05, 3.63) is 52.5 Å². The zero-order valence-electron chi connectivity index (χ0n) is 10.5. The van der Waals surface area contributed by atoms with Gasteiger partial charge in [0.1, 0.15) is 18.1 Å². The molecular formula is C15H14BrNO2. The second-order valence-corrected chi connectivity index (χ2v) is 5.31. The molecule has 3 nitrogen and oxygen atoms in total. The Hall–Kier alpha value is -1.68. The van der Waals surface area contributed by atoms with Crippen molar-refractivity contribution in [1.82, 2.24) is 0 Å². The van der Waals surface area contributed by atoms with E-state index in [0.717, 1.165) is 27.2 Å². The van der Waals surface area contributed by atoms with Crippen molar-refractivity contribution in [2.24, 2.45) is 0 Å². The molecule has 3 rings (SSSR count). The summed E-state index contributed by atoms with van der Waals surface area (Å²) < 4.78 is 12.3. The van der Waals surface area contributed by atoms with E-state index in [9.17, 15) is 0 Å². The fraction of sp³-hybridized carbons (Fsp3) is 0.200. The summed E-state index contributed by atoms with van der Waals surface area (Å²) in [5.74, 6) is 1.76. The van der Waals surface area contributed by atoms with Crippen LogP contribution < -0.4 is 14.8 Å². The summed E-state index contributed by atoms with van der Waals surface area (Å²) in [5.41, 5.74) is 2.10. The average Bonchev–Trinajstić information content (AvgIpc) is 2.46. The molecule has 0 fully saturated rings. The van der Waals surface area contributed by atoms with Gasteiger partial charge < -0.3 is 14.8 Å². The van der Waals surface area contributed by atoms with Crippen molar-refractivity contribution in [2.45, 2.75) is 6.04 Å². The second-order valence-electron chi connectivity index (χ2n) is 4.39. The lowest BCUT2D eigenvalue weighted by molar-refractivity contribution is 0.282. The molecule has 0 saturated carbocycles. The Morgan fingerprint density at radius 3 is 2.95 bits per heavy atom. The number of ether oxygens (including phenoxy) is 2. The molecule has 0 spiro atoms. The summed E-state index contributed by atoms with van der Waals surface area (Å²) in [6.45, 7) is 0.587. The number of nitrogens with one attached hydrogen (secondary N) is 1. The van der Waals surface area contributed by atoms with E-state index in [1.165, 1.54) is 0 Å². The van der Waals surface area contributed by atoms with Crippen LogP contribution in [0.15, 0.2) is 46.9 Å². The van der Waals surface area contributed by atoms with Gasteiger partial charge >= 0.3 is 0 Å². The Labute approximate surface area is 120 Å². The van der Waals surface area contributed by atoms with Crippen LogP contribution in [-0.4, -0.2) is 13.7 Å². The number of fused-ring (bicyclic) bond motifs is 1. The molecule has 1 atom stereocenters. The van der Waals surface area contributed by atoms with Crippen LogP contribution >= 0.6 is 15.9 Å². The molecular weight excluding hydrogens is 306 g/mol. The normalized spacial score (nSPS) is 17.1. The van der Waals surface area contributed by atoms with Crippen molar-refractivity contribution in [2.75, 3.05) is 19.0 Å². The summed E-state index contributed by atoms with van der Waals surface area (Å²) in [6, 6.07) is 14.0. The largest absolute Gasteiger partial charge is 0.496 e. The van der Waals surface area contributed by atoms with E-state index in [1.807, 2.05) is 36.4 Å². The molecule has 0 bridgehead atoms. The third-order valence-electron chi connectivity index (χ3n) is 3.19. The van der Waals surface area contributed by atoms with E-state index in [1.54, 1.807) is 7.11 Å². The van der Waals surface area contributed by atoms with Crippen LogP contribution in [0.4, 0.5) is 5.69 Å². The smallest absolute Gasteiger partial charge is 0.142 e. The minimum Gasteiger partial charge on any atom is -0.496 e. The van der Waals surface area contributed by atoms with Crippen molar-refractivity contribution in [3.8, 4) is 11.5 Å². The van der Waals surface area contributed by atoms with Gasteiger partial charge in [-0.2, -0.15) is 0 Å². The van der Waals surface area contributed by atoms with Crippen molar-refractivity contribution >= 4 is 21.6 Å². The van der Waals surface area contributed by atoms with Crippen LogP contribution in [0, 0.1) is 0 Å². The predicted octanol–water partition coefficient (Wildman–Crippen LogP) is 4.00. The Morgan fingerprint density at radius 2 is 2.11 bits per heavy atom. The number of hydrogen-bond acceptors (Lipinski definition) is 3. The van der Waals surface area contributed by atoms with Gasteiger partial charge in [-0.15, -0.1) is 0 Å². The van der Waals surface area contributed by atoms with Crippen LogP contribution in [0.5, 0.6) is 11.5 Å². The van der Waals surface area contributed by atoms with Crippen LogP contribution in [-0.2, 0) is 0 Å². The quantitative estimate of drug-likeness (QED) is 0.907. The van der Waals surface area contributed by atoms with Gasteiger partial charge in [-0.1, -0.05) is 28.1 Å².